The van der Waals surface area contributed by atoms with Crippen molar-refractivity contribution in [1.29, 1.82) is 0 Å². The van der Waals surface area contributed by atoms with Crippen molar-refractivity contribution in [3.8, 4) is 11.3 Å². The number of fused-ring (bicyclic) bond motifs is 1. The van der Waals surface area contributed by atoms with Crippen LogP contribution in [0.15, 0.2) is 28.8 Å². The Morgan fingerprint density at radius 1 is 1.26 bits per heavy atom. The molecule has 0 bridgehead atoms. The molecule has 0 aliphatic heterocycles. The highest BCUT2D eigenvalue weighted by molar-refractivity contribution is 5.99. The maximum Gasteiger partial charge on any atom is 0.376 e. The van der Waals surface area contributed by atoms with E-state index in [9.17, 15) is 9.18 Å². The van der Waals surface area contributed by atoms with Gasteiger partial charge in [-0.2, -0.15) is 4.98 Å². The summed E-state index contributed by atoms with van der Waals surface area (Å²) in [7, 11) is 1.62. The van der Waals surface area contributed by atoms with Crippen molar-refractivity contribution in [3.05, 3.63) is 35.9 Å². The SMILES string of the molecule is CCOC(=O)c1nc(NCCCOC)c2c(-c3ccc(F)cc3)noc2n1. The normalized spacial score (nSPS) is 10.9. The summed E-state index contributed by atoms with van der Waals surface area (Å²) in [5.74, 6) is -0.746. The van der Waals surface area contributed by atoms with Crippen molar-refractivity contribution in [2.75, 3.05) is 32.2 Å². The van der Waals surface area contributed by atoms with Crippen LogP contribution in [0.4, 0.5) is 10.2 Å². The molecule has 0 amide bonds. The van der Waals surface area contributed by atoms with Crippen molar-refractivity contribution in [1.82, 2.24) is 15.1 Å². The lowest BCUT2D eigenvalue weighted by Gasteiger charge is -2.08. The van der Waals surface area contributed by atoms with Gasteiger partial charge in [-0.3, -0.25) is 0 Å². The molecular formula is C18H19FN4O4. The molecule has 9 heteroatoms. The van der Waals surface area contributed by atoms with E-state index < -0.39 is 5.97 Å². The fraction of sp³-hybridized carbons (Fsp3) is 0.333. The molecule has 0 aliphatic carbocycles. The van der Waals surface area contributed by atoms with Crippen molar-refractivity contribution < 1.29 is 23.2 Å². The standard InChI is InChI=1S/C18H19FN4O4/c1-3-26-18(24)16-21-15(20-9-4-10-25-2)13-14(23-27-17(13)22-16)11-5-7-12(19)8-6-11/h5-8H,3-4,9-10H2,1-2H3,(H,20,21,22). The average Bonchev–Trinajstić information content (AvgIpc) is 3.10. The van der Waals surface area contributed by atoms with Gasteiger partial charge in [-0.05, 0) is 37.6 Å². The van der Waals surface area contributed by atoms with Gasteiger partial charge in [0.2, 0.25) is 5.82 Å². The molecular weight excluding hydrogens is 355 g/mol. The average molecular weight is 374 g/mol. The highest BCUT2D eigenvalue weighted by Gasteiger charge is 2.22. The Kier molecular flexibility index (Phi) is 5.92. The van der Waals surface area contributed by atoms with E-state index in [0.717, 1.165) is 6.42 Å². The molecule has 2 aromatic heterocycles. The van der Waals surface area contributed by atoms with Gasteiger partial charge in [-0.1, -0.05) is 5.16 Å². The number of ether oxygens (including phenoxy) is 2. The molecule has 3 aromatic rings. The molecule has 0 atom stereocenters. The number of rotatable bonds is 8. The largest absolute Gasteiger partial charge is 0.460 e. The summed E-state index contributed by atoms with van der Waals surface area (Å²) in [5.41, 5.74) is 1.24. The summed E-state index contributed by atoms with van der Waals surface area (Å²) in [6.07, 6.45) is 0.730. The molecule has 27 heavy (non-hydrogen) atoms. The van der Waals surface area contributed by atoms with Gasteiger partial charge in [0.1, 0.15) is 22.7 Å². The van der Waals surface area contributed by atoms with Crippen LogP contribution in [0.25, 0.3) is 22.4 Å². The number of carbonyl (C=O) groups is 1. The second kappa shape index (κ2) is 8.54. The molecule has 0 fully saturated rings. The van der Waals surface area contributed by atoms with Crippen LogP contribution < -0.4 is 5.32 Å². The molecule has 0 saturated carbocycles. The zero-order valence-corrected chi connectivity index (χ0v) is 15.0. The van der Waals surface area contributed by atoms with E-state index in [1.807, 2.05) is 0 Å². The highest BCUT2D eigenvalue weighted by atomic mass is 19.1. The number of nitrogens with one attached hydrogen (secondary N) is 1. The number of anilines is 1. The van der Waals surface area contributed by atoms with Crippen molar-refractivity contribution >= 4 is 22.9 Å². The minimum Gasteiger partial charge on any atom is -0.460 e. The number of nitrogens with zero attached hydrogens (tertiary/aromatic N) is 3. The summed E-state index contributed by atoms with van der Waals surface area (Å²) in [6, 6.07) is 5.83. The quantitative estimate of drug-likeness (QED) is 0.474. The van der Waals surface area contributed by atoms with Crippen LogP contribution in [-0.4, -0.2) is 48.0 Å². The maximum absolute atomic E-state index is 13.2. The summed E-state index contributed by atoms with van der Waals surface area (Å²) in [5, 5.41) is 7.69. The van der Waals surface area contributed by atoms with E-state index >= 15 is 0 Å². The first-order valence-electron chi connectivity index (χ1n) is 8.47. The molecule has 1 aromatic carbocycles. The van der Waals surface area contributed by atoms with Gasteiger partial charge in [-0.15, -0.1) is 0 Å². The molecule has 0 aliphatic rings. The topological polar surface area (TPSA) is 99.4 Å². The molecule has 8 nitrogen and oxygen atoms in total. The van der Waals surface area contributed by atoms with Crippen molar-refractivity contribution in [2.45, 2.75) is 13.3 Å². The van der Waals surface area contributed by atoms with Gasteiger partial charge < -0.3 is 19.3 Å². The Morgan fingerprint density at radius 2 is 2.04 bits per heavy atom. The molecule has 0 unspecified atom stereocenters. The van der Waals surface area contributed by atoms with E-state index in [1.165, 1.54) is 12.1 Å². The fourth-order valence-corrected chi connectivity index (χ4v) is 2.50. The number of hydrogen-bond acceptors (Lipinski definition) is 8. The van der Waals surface area contributed by atoms with Gasteiger partial charge in [0.15, 0.2) is 0 Å². The molecule has 0 saturated heterocycles. The third kappa shape index (κ3) is 4.20. The predicted octanol–water partition coefficient (Wildman–Crippen LogP) is 3.05. The fourth-order valence-electron chi connectivity index (χ4n) is 2.50. The Bertz CT molecular complexity index is 927. The monoisotopic (exact) mass is 374 g/mol. The minimum atomic E-state index is -0.654. The minimum absolute atomic E-state index is 0.125. The lowest BCUT2D eigenvalue weighted by molar-refractivity contribution is 0.0512. The lowest BCUT2D eigenvalue weighted by Crippen LogP contribution is -2.13. The number of hydrogen-bond donors (Lipinski definition) is 1. The van der Waals surface area contributed by atoms with Crippen LogP contribution in [0.1, 0.15) is 24.0 Å². The number of carbonyl (C=O) groups excluding carboxylic acids is 1. The first kappa shape index (κ1) is 18.7. The maximum atomic E-state index is 13.2. The van der Waals surface area contributed by atoms with Gasteiger partial charge in [-0.25, -0.2) is 14.2 Å². The summed E-state index contributed by atoms with van der Waals surface area (Å²) < 4.78 is 28.5. The molecule has 0 spiro atoms. The molecule has 3 rings (SSSR count). The number of benzene rings is 1. The van der Waals surface area contributed by atoms with E-state index in [1.54, 1.807) is 26.2 Å². The number of aromatic nitrogens is 3. The van der Waals surface area contributed by atoms with E-state index in [4.69, 9.17) is 14.0 Å². The van der Waals surface area contributed by atoms with Gasteiger partial charge in [0.05, 0.1) is 6.61 Å². The second-order valence-corrected chi connectivity index (χ2v) is 5.61. The summed E-state index contributed by atoms with van der Waals surface area (Å²) in [6.45, 7) is 3.02. The Labute approximate surface area is 154 Å². The third-order valence-corrected chi connectivity index (χ3v) is 3.73. The van der Waals surface area contributed by atoms with Crippen molar-refractivity contribution in [3.63, 3.8) is 0 Å². The predicted molar refractivity (Wildman–Crippen MR) is 95.9 cm³/mol. The summed E-state index contributed by atoms with van der Waals surface area (Å²) in [4.78, 5) is 20.4. The van der Waals surface area contributed by atoms with Crippen LogP contribution >= 0.6 is 0 Å². The zero-order valence-electron chi connectivity index (χ0n) is 15.0. The van der Waals surface area contributed by atoms with Crippen LogP contribution in [0.3, 0.4) is 0 Å². The smallest absolute Gasteiger partial charge is 0.376 e. The van der Waals surface area contributed by atoms with E-state index in [0.29, 0.717) is 35.6 Å². The number of halogens is 1. The number of methoxy groups -OCH3 is 1. The van der Waals surface area contributed by atoms with Crippen molar-refractivity contribution in [2.24, 2.45) is 0 Å². The highest BCUT2D eigenvalue weighted by Crippen LogP contribution is 2.32. The third-order valence-electron chi connectivity index (χ3n) is 3.73. The zero-order chi connectivity index (χ0) is 19.2. The Morgan fingerprint density at radius 3 is 2.74 bits per heavy atom. The van der Waals surface area contributed by atoms with Crippen LogP contribution in [-0.2, 0) is 9.47 Å². The Hall–Kier alpha value is -3.07. The Balaban J connectivity index is 2.05. The lowest BCUT2D eigenvalue weighted by atomic mass is 10.1. The second-order valence-electron chi connectivity index (χ2n) is 5.61. The van der Waals surface area contributed by atoms with E-state index in [2.05, 4.69) is 20.4 Å². The first-order chi connectivity index (χ1) is 13.1. The number of esters is 1. The van der Waals surface area contributed by atoms with Crippen LogP contribution in [0, 0.1) is 5.82 Å². The molecule has 2 heterocycles. The van der Waals surface area contributed by atoms with Gasteiger partial charge in [0.25, 0.3) is 5.71 Å². The first-order valence-corrected chi connectivity index (χ1v) is 8.47. The van der Waals surface area contributed by atoms with Gasteiger partial charge in [0, 0.05) is 25.8 Å². The van der Waals surface area contributed by atoms with Crippen LogP contribution in [0.5, 0.6) is 0 Å². The molecule has 142 valence electrons. The van der Waals surface area contributed by atoms with E-state index in [-0.39, 0.29) is 24.0 Å². The van der Waals surface area contributed by atoms with Gasteiger partial charge >= 0.3 is 5.97 Å². The molecule has 0 radical (unpaired) electrons. The summed E-state index contributed by atoms with van der Waals surface area (Å²) >= 11 is 0. The molecule has 1 N–H and O–H groups in total. The van der Waals surface area contributed by atoms with Crippen LogP contribution in [0.2, 0.25) is 0 Å².